The summed E-state index contributed by atoms with van der Waals surface area (Å²) in [5.41, 5.74) is 3.63. The fraction of sp³-hybridized carbons (Fsp3) is 0.0455. The molecule has 4 rings (SSSR count). The summed E-state index contributed by atoms with van der Waals surface area (Å²) in [6.45, 7) is 0.650. The van der Waals surface area contributed by atoms with Crippen LogP contribution in [0.25, 0.3) is 10.9 Å². The number of hydrogen-bond donors (Lipinski definition) is 4. The van der Waals surface area contributed by atoms with Gasteiger partial charge in [0.1, 0.15) is 17.9 Å². The number of phenolic OH excluding ortho intramolecular Hbond substituents is 1. The fourth-order valence-electron chi connectivity index (χ4n) is 2.87. The molecule has 144 valence electrons. The van der Waals surface area contributed by atoms with Crippen LogP contribution in [0.15, 0.2) is 79.1 Å². The molecule has 29 heavy (non-hydrogen) atoms. The maximum absolute atomic E-state index is 9.45. The molecule has 0 aliphatic carbocycles. The van der Waals surface area contributed by atoms with E-state index in [9.17, 15) is 5.11 Å². The molecular weight excluding hydrogens is 382 g/mol. The van der Waals surface area contributed by atoms with Crippen LogP contribution in [0.2, 0.25) is 0 Å². The van der Waals surface area contributed by atoms with Gasteiger partial charge in [0.25, 0.3) is 0 Å². The first-order chi connectivity index (χ1) is 14.2. The number of anilines is 3. The molecule has 3 aromatic carbocycles. The van der Waals surface area contributed by atoms with E-state index in [2.05, 4.69) is 25.9 Å². The van der Waals surface area contributed by atoms with Crippen molar-refractivity contribution in [2.75, 3.05) is 10.6 Å². The van der Waals surface area contributed by atoms with Crippen molar-refractivity contribution in [1.82, 2.24) is 15.3 Å². The van der Waals surface area contributed by atoms with Crippen molar-refractivity contribution < 1.29 is 5.11 Å². The zero-order valence-corrected chi connectivity index (χ0v) is 16.3. The first-order valence-corrected chi connectivity index (χ1v) is 9.48. The summed E-state index contributed by atoms with van der Waals surface area (Å²) in [4.78, 5) is 8.69. The van der Waals surface area contributed by atoms with Gasteiger partial charge in [-0.2, -0.15) is 0 Å². The Morgan fingerprint density at radius 2 is 1.66 bits per heavy atom. The van der Waals surface area contributed by atoms with Crippen LogP contribution in [0, 0.1) is 0 Å². The Bertz CT molecular complexity index is 1130. The number of benzene rings is 3. The van der Waals surface area contributed by atoms with E-state index in [4.69, 9.17) is 12.2 Å². The maximum atomic E-state index is 9.45. The topological polar surface area (TPSA) is 82.1 Å². The molecule has 1 aromatic heterocycles. The van der Waals surface area contributed by atoms with Gasteiger partial charge in [0, 0.05) is 23.3 Å². The summed E-state index contributed by atoms with van der Waals surface area (Å²) in [6.07, 6.45) is 1.52. The third-order valence-electron chi connectivity index (χ3n) is 4.32. The minimum atomic E-state index is 0.214. The van der Waals surface area contributed by atoms with Crippen LogP contribution in [-0.4, -0.2) is 20.2 Å². The lowest BCUT2D eigenvalue weighted by molar-refractivity contribution is 0.475. The number of rotatable bonds is 5. The fourth-order valence-corrected chi connectivity index (χ4v) is 3.06. The summed E-state index contributed by atoms with van der Waals surface area (Å²) in [6, 6.07) is 22.7. The zero-order valence-electron chi connectivity index (χ0n) is 15.5. The standard InChI is InChI=1S/C22H19N5OS/c28-18-9-6-16(7-10-18)26-21-19-12-17(8-11-20(19)24-14-25-21)27-22(29)23-13-15-4-2-1-3-5-15/h1-12,14,28H,13H2,(H2,23,27,29)(H,24,25,26). The molecule has 0 atom stereocenters. The van der Waals surface area contributed by atoms with Crippen molar-refractivity contribution in [3.05, 3.63) is 84.7 Å². The molecule has 7 heteroatoms. The van der Waals surface area contributed by atoms with Gasteiger partial charge in [-0.15, -0.1) is 0 Å². The molecule has 0 bridgehead atoms. The lowest BCUT2D eigenvalue weighted by Gasteiger charge is -2.13. The minimum absolute atomic E-state index is 0.214. The van der Waals surface area contributed by atoms with E-state index in [1.807, 2.05) is 48.5 Å². The van der Waals surface area contributed by atoms with Crippen molar-refractivity contribution in [2.24, 2.45) is 0 Å². The average Bonchev–Trinajstić information content (AvgIpc) is 2.75. The second-order valence-corrected chi connectivity index (χ2v) is 6.83. The molecule has 0 aliphatic rings. The van der Waals surface area contributed by atoms with Gasteiger partial charge in [-0.05, 0) is 60.2 Å². The minimum Gasteiger partial charge on any atom is -0.508 e. The molecule has 0 saturated carbocycles. The molecule has 0 amide bonds. The van der Waals surface area contributed by atoms with Crippen molar-refractivity contribution in [3.8, 4) is 5.75 Å². The normalized spacial score (nSPS) is 10.5. The van der Waals surface area contributed by atoms with Crippen LogP contribution in [-0.2, 0) is 6.54 Å². The van der Waals surface area contributed by atoms with Crippen molar-refractivity contribution in [1.29, 1.82) is 0 Å². The number of thiocarbonyl (C=S) groups is 1. The molecule has 4 aromatic rings. The summed E-state index contributed by atoms with van der Waals surface area (Å²) >= 11 is 5.42. The lowest BCUT2D eigenvalue weighted by atomic mass is 10.2. The van der Waals surface area contributed by atoms with Gasteiger partial charge >= 0.3 is 0 Å². The number of fused-ring (bicyclic) bond motifs is 1. The van der Waals surface area contributed by atoms with E-state index < -0.39 is 0 Å². The number of phenols is 1. The first kappa shape index (κ1) is 18.6. The number of aromatic hydroxyl groups is 1. The monoisotopic (exact) mass is 401 g/mol. The van der Waals surface area contributed by atoms with Crippen LogP contribution in [0.5, 0.6) is 5.75 Å². The molecule has 0 spiro atoms. The summed E-state index contributed by atoms with van der Waals surface area (Å²) < 4.78 is 0. The second kappa shape index (κ2) is 8.53. The van der Waals surface area contributed by atoms with E-state index in [1.165, 1.54) is 6.33 Å². The maximum Gasteiger partial charge on any atom is 0.171 e. The largest absolute Gasteiger partial charge is 0.508 e. The Kier molecular flexibility index (Phi) is 5.49. The van der Waals surface area contributed by atoms with E-state index in [0.29, 0.717) is 17.5 Å². The summed E-state index contributed by atoms with van der Waals surface area (Å²) in [5, 5.41) is 20.5. The number of hydrogen-bond acceptors (Lipinski definition) is 5. The van der Waals surface area contributed by atoms with Gasteiger partial charge in [-0.1, -0.05) is 30.3 Å². The Hall–Kier alpha value is -3.71. The predicted octanol–water partition coefficient (Wildman–Crippen LogP) is 4.57. The highest BCUT2D eigenvalue weighted by atomic mass is 32.1. The van der Waals surface area contributed by atoms with Crippen LogP contribution in [0.1, 0.15) is 5.56 Å². The Morgan fingerprint density at radius 1 is 0.897 bits per heavy atom. The van der Waals surface area contributed by atoms with E-state index >= 15 is 0 Å². The number of nitrogens with zero attached hydrogens (tertiary/aromatic N) is 2. The first-order valence-electron chi connectivity index (χ1n) is 9.07. The smallest absolute Gasteiger partial charge is 0.171 e. The predicted molar refractivity (Wildman–Crippen MR) is 120 cm³/mol. The Labute approximate surface area is 173 Å². The molecule has 0 radical (unpaired) electrons. The van der Waals surface area contributed by atoms with Gasteiger partial charge in [-0.25, -0.2) is 9.97 Å². The Balaban J connectivity index is 1.50. The van der Waals surface area contributed by atoms with Gasteiger partial charge in [0.2, 0.25) is 0 Å². The van der Waals surface area contributed by atoms with E-state index in [-0.39, 0.29) is 5.75 Å². The zero-order chi connectivity index (χ0) is 20.1. The second-order valence-electron chi connectivity index (χ2n) is 6.42. The third kappa shape index (κ3) is 4.77. The average molecular weight is 401 g/mol. The highest BCUT2D eigenvalue weighted by molar-refractivity contribution is 7.80. The van der Waals surface area contributed by atoms with Gasteiger partial charge in [0.05, 0.1) is 5.52 Å². The molecule has 6 nitrogen and oxygen atoms in total. The van der Waals surface area contributed by atoms with Crippen molar-refractivity contribution in [3.63, 3.8) is 0 Å². The SMILES string of the molecule is Oc1ccc(Nc2ncnc3ccc(NC(=S)NCc4ccccc4)cc23)cc1. The molecule has 0 aliphatic heterocycles. The lowest BCUT2D eigenvalue weighted by Crippen LogP contribution is -2.27. The van der Waals surface area contributed by atoms with Crippen LogP contribution in [0.3, 0.4) is 0 Å². The van der Waals surface area contributed by atoms with Gasteiger partial charge < -0.3 is 21.1 Å². The van der Waals surface area contributed by atoms with Crippen LogP contribution >= 0.6 is 12.2 Å². The van der Waals surface area contributed by atoms with Gasteiger partial charge in [-0.3, -0.25) is 0 Å². The highest BCUT2D eigenvalue weighted by Gasteiger charge is 2.07. The van der Waals surface area contributed by atoms with E-state index in [1.54, 1.807) is 24.3 Å². The molecular formula is C22H19N5OS. The molecule has 1 heterocycles. The number of nitrogens with one attached hydrogen (secondary N) is 3. The van der Waals surface area contributed by atoms with Crippen molar-refractivity contribution >= 4 is 45.4 Å². The third-order valence-corrected chi connectivity index (χ3v) is 4.57. The number of aromatic nitrogens is 2. The summed E-state index contributed by atoms with van der Waals surface area (Å²) in [7, 11) is 0. The Morgan fingerprint density at radius 3 is 2.45 bits per heavy atom. The molecule has 0 fully saturated rings. The quantitative estimate of drug-likeness (QED) is 0.288. The van der Waals surface area contributed by atoms with Crippen LogP contribution < -0.4 is 16.0 Å². The summed E-state index contributed by atoms with van der Waals surface area (Å²) in [5.74, 6) is 0.888. The van der Waals surface area contributed by atoms with Crippen molar-refractivity contribution in [2.45, 2.75) is 6.54 Å². The molecule has 4 N–H and O–H groups in total. The molecule has 0 saturated heterocycles. The van der Waals surface area contributed by atoms with Gasteiger partial charge in [0.15, 0.2) is 5.11 Å². The molecule has 0 unspecified atom stereocenters. The van der Waals surface area contributed by atoms with E-state index in [0.717, 1.165) is 27.8 Å². The van der Waals surface area contributed by atoms with Crippen LogP contribution in [0.4, 0.5) is 17.2 Å². The highest BCUT2D eigenvalue weighted by Crippen LogP contribution is 2.26.